The summed E-state index contributed by atoms with van der Waals surface area (Å²) in [7, 11) is 0. The summed E-state index contributed by atoms with van der Waals surface area (Å²) >= 11 is 0. The summed E-state index contributed by atoms with van der Waals surface area (Å²) in [6.07, 6.45) is 3.80. The molecule has 74 valence electrons. The molecule has 0 fully saturated rings. The highest BCUT2D eigenvalue weighted by atomic mass is 15.0. The van der Waals surface area contributed by atoms with Gasteiger partial charge in [0.05, 0.1) is 0 Å². The molecule has 0 bridgehead atoms. The van der Waals surface area contributed by atoms with Crippen LogP contribution in [0.1, 0.15) is 40.0 Å². The van der Waals surface area contributed by atoms with Crippen LogP contribution < -0.4 is 10.6 Å². The lowest BCUT2D eigenvalue weighted by Gasteiger charge is -2.16. The summed E-state index contributed by atoms with van der Waals surface area (Å²) in [5.74, 6) is 0. The Balaban J connectivity index is 3.26. The zero-order chi connectivity index (χ0) is 9.23. The zero-order valence-corrected chi connectivity index (χ0v) is 8.82. The van der Waals surface area contributed by atoms with E-state index in [2.05, 4.69) is 31.4 Å². The van der Waals surface area contributed by atoms with Crippen LogP contribution in [-0.4, -0.2) is 25.7 Å². The Labute approximate surface area is 77.1 Å². The van der Waals surface area contributed by atoms with Crippen molar-refractivity contribution in [2.24, 2.45) is 0 Å². The van der Waals surface area contributed by atoms with Crippen molar-refractivity contribution >= 4 is 0 Å². The van der Waals surface area contributed by atoms with Gasteiger partial charge in [-0.05, 0) is 25.9 Å². The molecule has 0 rings (SSSR count). The summed E-state index contributed by atoms with van der Waals surface area (Å²) in [4.78, 5) is 0. The van der Waals surface area contributed by atoms with Gasteiger partial charge >= 0.3 is 0 Å². The lowest BCUT2D eigenvalue weighted by molar-refractivity contribution is 0.461. The summed E-state index contributed by atoms with van der Waals surface area (Å²) in [5.41, 5.74) is 0. The van der Waals surface area contributed by atoms with Crippen LogP contribution in [0.25, 0.3) is 0 Å². The van der Waals surface area contributed by atoms with E-state index in [1.807, 2.05) is 0 Å². The molecule has 12 heavy (non-hydrogen) atoms. The first-order valence-corrected chi connectivity index (χ1v) is 5.29. The second-order valence-corrected chi connectivity index (χ2v) is 3.22. The molecule has 0 radical (unpaired) electrons. The first-order valence-electron chi connectivity index (χ1n) is 5.29. The Hall–Kier alpha value is -0.0800. The SMILES string of the molecule is CCCCN[C@@H](CC)CNCC. The van der Waals surface area contributed by atoms with Crippen LogP contribution in [0.4, 0.5) is 0 Å². The molecule has 0 aromatic carbocycles. The number of rotatable bonds is 8. The van der Waals surface area contributed by atoms with E-state index in [1.165, 1.54) is 25.8 Å². The van der Waals surface area contributed by atoms with Gasteiger partial charge in [0, 0.05) is 12.6 Å². The van der Waals surface area contributed by atoms with E-state index in [0.717, 1.165) is 13.1 Å². The van der Waals surface area contributed by atoms with Gasteiger partial charge in [0.2, 0.25) is 0 Å². The molecule has 0 aromatic rings. The minimum absolute atomic E-state index is 0.663. The van der Waals surface area contributed by atoms with Gasteiger partial charge in [-0.25, -0.2) is 0 Å². The Morgan fingerprint density at radius 3 is 2.42 bits per heavy atom. The fourth-order valence-corrected chi connectivity index (χ4v) is 1.16. The number of hydrogen-bond acceptors (Lipinski definition) is 2. The van der Waals surface area contributed by atoms with E-state index in [0.29, 0.717) is 6.04 Å². The van der Waals surface area contributed by atoms with Crippen LogP contribution >= 0.6 is 0 Å². The molecule has 0 aliphatic carbocycles. The van der Waals surface area contributed by atoms with Gasteiger partial charge in [0.1, 0.15) is 0 Å². The van der Waals surface area contributed by atoms with E-state index in [9.17, 15) is 0 Å². The molecule has 2 N–H and O–H groups in total. The van der Waals surface area contributed by atoms with Gasteiger partial charge in [-0.15, -0.1) is 0 Å². The third-order valence-corrected chi connectivity index (χ3v) is 2.10. The van der Waals surface area contributed by atoms with E-state index in [4.69, 9.17) is 0 Å². The fraction of sp³-hybridized carbons (Fsp3) is 1.00. The van der Waals surface area contributed by atoms with Crippen LogP contribution in [0.15, 0.2) is 0 Å². The predicted octanol–water partition coefficient (Wildman–Crippen LogP) is 1.76. The maximum atomic E-state index is 3.54. The maximum Gasteiger partial charge on any atom is 0.0189 e. The average Bonchev–Trinajstić information content (AvgIpc) is 2.11. The zero-order valence-electron chi connectivity index (χ0n) is 8.82. The molecule has 0 saturated heterocycles. The van der Waals surface area contributed by atoms with Crippen molar-refractivity contribution in [3.8, 4) is 0 Å². The molecule has 2 heteroatoms. The molecule has 0 unspecified atom stereocenters. The number of nitrogens with one attached hydrogen (secondary N) is 2. The van der Waals surface area contributed by atoms with E-state index < -0.39 is 0 Å². The van der Waals surface area contributed by atoms with Crippen LogP contribution in [0.5, 0.6) is 0 Å². The topological polar surface area (TPSA) is 24.1 Å². The van der Waals surface area contributed by atoms with Crippen molar-refractivity contribution < 1.29 is 0 Å². The van der Waals surface area contributed by atoms with Crippen LogP contribution in [0.3, 0.4) is 0 Å². The third-order valence-electron chi connectivity index (χ3n) is 2.10. The van der Waals surface area contributed by atoms with Crippen LogP contribution in [0, 0.1) is 0 Å². The van der Waals surface area contributed by atoms with Crippen molar-refractivity contribution in [3.05, 3.63) is 0 Å². The maximum absolute atomic E-state index is 3.54. The lowest BCUT2D eigenvalue weighted by Crippen LogP contribution is -2.38. The standard InChI is InChI=1S/C10H24N2/c1-4-7-8-12-10(5-2)9-11-6-3/h10-12H,4-9H2,1-3H3/t10-/m0/s1. The Kier molecular flexibility index (Phi) is 8.95. The highest BCUT2D eigenvalue weighted by Crippen LogP contribution is 1.90. The van der Waals surface area contributed by atoms with E-state index >= 15 is 0 Å². The van der Waals surface area contributed by atoms with Crippen molar-refractivity contribution in [1.82, 2.24) is 10.6 Å². The monoisotopic (exact) mass is 172 g/mol. The first kappa shape index (κ1) is 11.9. The molecule has 2 nitrogen and oxygen atoms in total. The lowest BCUT2D eigenvalue weighted by atomic mass is 10.2. The quantitative estimate of drug-likeness (QED) is 0.545. The van der Waals surface area contributed by atoms with Gasteiger partial charge in [-0.1, -0.05) is 27.2 Å². The first-order chi connectivity index (χ1) is 5.85. The van der Waals surface area contributed by atoms with Crippen molar-refractivity contribution in [3.63, 3.8) is 0 Å². The summed E-state index contributed by atoms with van der Waals surface area (Å²) in [5, 5.41) is 6.91. The Bertz CT molecular complexity index is 83.9. The molecule has 0 saturated carbocycles. The van der Waals surface area contributed by atoms with Crippen LogP contribution in [-0.2, 0) is 0 Å². The molecular weight excluding hydrogens is 148 g/mol. The molecule has 0 spiro atoms. The molecule has 1 atom stereocenters. The molecule has 0 amide bonds. The second-order valence-electron chi connectivity index (χ2n) is 3.22. The van der Waals surface area contributed by atoms with Gasteiger partial charge in [0.15, 0.2) is 0 Å². The van der Waals surface area contributed by atoms with Gasteiger partial charge in [-0.3, -0.25) is 0 Å². The van der Waals surface area contributed by atoms with Crippen LogP contribution in [0.2, 0.25) is 0 Å². The number of hydrogen-bond donors (Lipinski definition) is 2. The minimum Gasteiger partial charge on any atom is -0.315 e. The molecular formula is C10H24N2. The summed E-state index contributed by atoms with van der Waals surface area (Å²) < 4.78 is 0. The predicted molar refractivity (Wildman–Crippen MR) is 55.5 cm³/mol. The minimum atomic E-state index is 0.663. The highest BCUT2D eigenvalue weighted by molar-refractivity contribution is 4.66. The highest BCUT2D eigenvalue weighted by Gasteiger charge is 2.02. The fourth-order valence-electron chi connectivity index (χ4n) is 1.16. The third kappa shape index (κ3) is 6.62. The largest absolute Gasteiger partial charge is 0.315 e. The van der Waals surface area contributed by atoms with E-state index in [1.54, 1.807) is 0 Å². The molecule has 0 heterocycles. The second kappa shape index (κ2) is 9.01. The number of likely N-dealkylation sites (N-methyl/N-ethyl adjacent to an activating group) is 1. The smallest absolute Gasteiger partial charge is 0.0189 e. The molecule has 0 aliphatic heterocycles. The van der Waals surface area contributed by atoms with Gasteiger partial charge < -0.3 is 10.6 Å². The molecule has 0 aliphatic rings. The summed E-state index contributed by atoms with van der Waals surface area (Å²) in [6, 6.07) is 0.663. The summed E-state index contributed by atoms with van der Waals surface area (Å²) in [6.45, 7) is 9.97. The normalized spacial score (nSPS) is 13.2. The number of unbranched alkanes of at least 4 members (excludes halogenated alkanes) is 1. The van der Waals surface area contributed by atoms with Gasteiger partial charge in [0.25, 0.3) is 0 Å². The van der Waals surface area contributed by atoms with E-state index in [-0.39, 0.29) is 0 Å². The van der Waals surface area contributed by atoms with Crippen molar-refractivity contribution in [2.45, 2.75) is 46.1 Å². The van der Waals surface area contributed by atoms with Crippen molar-refractivity contribution in [1.29, 1.82) is 0 Å². The van der Waals surface area contributed by atoms with Gasteiger partial charge in [-0.2, -0.15) is 0 Å². The molecule has 0 aromatic heterocycles. The Morgan fingerprint density at radius 1 is 1.17 bits per heavy atom. The Morgan fingerprint density at radius 2 is 1.92 bits per heavy atom. The average molecular weight is 172 g/mol. The van der Waals surface area contributed by atoms with Crippen molar-refractivity contribution in [2.75, 3.05) is 19.6 Å².